The smallest absolute Gasteiger partial charge is 0.124 e. The molecule has 1 unspecified atom stereocenters. The number of halogens is 3. The molecule has 2 nitrogen and oxygen atoms in total. The Morgan fingerprint density at radius 3 is 2.20 bits per heavy atom. The molecule has 0 saturated carbocycles. The molecule has 0 amide bonds. The minimum absolute atomic E-state index is 0.0471. The number of hydrogen-bond acceptors (Lipinski definition) is 2. The Labute approximate surface area is 125 Å². The number of hydrazine groups is 1. The Bertz CT molecular complexity index is 552. The van der Waals surface area contributed by atoms with Gasteiger partial charge in [0.1, 0.15) is 11.6 Å². The van der Waals surface area contributed by atoms with Crippen molar-refractivity contribution in [2.75, 3.05) is 0 Å². The average Bonchev–Trinajstić information content (AvgIpc) is 2.39. The Hall–Kier alpha value is -1.30. The third kappa shape index (κ3) is 4.37. The lowest BCUT2D eigenvalue weighted by molar-refractivity contribution is 0.519. The molecule has 2 aromatic rings. The molecule has 106 valence electrons. The Morgan fingerprint density at radius 1 is 0.950 bits per heavy atom. The molecule has 5 heteroatoms. The van der Waals surface area contributed by atoms with E-state index in [1.807, 2.05) is 6.07 Å². The molecule has 0 fully saturated rings. The summed E-state index contributed by atoms with van der Waals surface area (Å²) in [5.41, 5.74) is 4.55. The predicted octanol–water partition coefficient (Wildman–Crippen LogP) is 3.34. The van der Waals surface area contributed by atoms with E-state index in [1.165, 1.54) is 24.3 Å². The van der Waals surface area contributed by atoms with Crippen LogP contribution in [0.25, 0.3) is 0 Å². The summed E-state index contributed by atoms with van der Waals surface area (Å²) in [6.07, 6.45) is 1.23. The third-order valence-electron chi connectivity index (χ3n) is 3.04. The van der Waals surface area contributed by atoms with Crippen LogP contribution in [0, 0.1) is 11.6 Å². The highest BCUT2D eigenvalue weighted by molar-refractivity contribution is 9.10. The molecule has 0 radical (unpaired) electrons. The van der Waals surface area contributed by atoms with Gasteiger partial charge < -0.3 is 0 Å². The number of benzene rings is 2. The summed E-state index contributed by atoms with van der Waals surface area (Å²) >= 11 is 3.27. The van der Waals surface area contributed by atoms with E-state index >= 15 is 0 Å². The average molecular weight is 341 g/mol. The first-order chi connectivity index (χ1) is 9.56. The summed E-state index contributed by atoms with van der Waals surface area (Å²) in [4.78, 5) is 0. The van der Waals surface area contributed by atoms with Crippen LogP contribution in [0.5, 0.6) is 0 Å². The second-order valence-electron chi connectivity index (χ2n) is 4.68. The van der Waals surface area contributed by atoms with Gasteiger partial charge in [0.15, 0.2) is 0 Å². The first-order valence-electron chi connectivity index (χ1n) is 6.22. The second-order valence-corrected chi connectivity index (χ2v) is 5.59. The highest BCUT2D eigenvalue weighted by Gasteiger charge is 2.10. The molecule has 0 heterocycles. The van der Waals surface area contributed by atoms with Crippen molar-refractivity contribution in [1.82, 2.24) is 5.43 Å². The fourth-order valence-electron chi connectivity index (χ4n) is 2.11. The zero-order valence-electron chi connectivity index (χ0n) is 10.7. The lowest BCUT2D eigenvalue weighted by Crippen LogP contribution is -2.38. The minimum Gasteiger partial charge on any atom is -0.271 e. The molecule has 0 bridgehead atoms. The van der Waals surface area contributed by atoms with Crippen molar-refractivity contribution in [2.45, 2.75) is 18.9 Å². The van der Waals surface area contributed by atoms with Gasteiger partial charge in [-0.25, -0.2) is 8.78 Å². The van der Waals surface area contributed by atoms with Gasteiger partial charge in [-0.3, -0.25) is 11.3 Å². The molecule has 3 N–H and O–H groups in total. The first kappa shape index (κ1) is 15.1. The molecular formula is C15H15BrF2N2. The van der Waals surface area contributed by atoms with Crippen molar-refractivity contribution in [3.8, 4) is 0 Å². The second kappa shape index (κ2) is 6.92. The third-order valence-corrected chi connectivity index (χ3v) is 3.49. The SMILES string of the molecule is NNC(Cc1ccc(F)cc1)Cc1cc(F)cc(Br)c1. The van der Waals surface area contributed by atoms with E-state index in [0.717, 1.165) is 11.1 Å². The Kier molecular flexibility index (Phi) is 5.23. The maximum Gasteiger partial charge on any atom is 0.124 e. The van der Waals surface area contributed by atoms with Gasteiger partial charge in [0.05, 0.1) is 0 Å². The van der Waals surface area contributed by atoms with Crippen molar-refractivity contribution in [2.24, 2.45) is 5.84 Å². The summed E-state index contributed by atoms with van der Waals surface area (Å²) in [5.74, 6) is 5.00. The summed E-state index contributed by atoms with van der Waals surface area (Å²) in [5, 5.41) is 0. The van der Waals surface area contributed by atoms with Crippen LogP contribution in [0.2, 0.25) is 0 Å². The summed E-state index contributed by atoms with van der Waals surface area (Å²) in [7, 11) is 0. The first-order valence-corrected chi connectivity index (χ1v) is 7.01. The summed E-state index contributed by atoms with van der Waals surface area (Å²) in [6, 6.07) is 11.0. The lowest BCUT2D eigenvalue weighted by atomic mass is 9.99. The maximum atomic E-state index is 13.3. The molecule has 0 aliphatic rings. The molecule has 2 aromatic carbocycles. The summed E-state index contributed by atoms with van der Waals surface area (Å²) in [6.45, 7) is 0. The van der Waals surface area contributed by atoms with E-state index in [9.17, 15) is 8.78 Å². The molecule has 0 aliphatic carbocycles. The van der Waals surface area contributed by atoms with Gasteiger partial charge >= 0.3 is 0 Å². The number of nitrogens with one attached hydrogen (secondary N) is 1. The zero-order chi connectivity index (χ0) is 14.5. The number of hydrogen-bond donors (Lipinski definition) is 2. The van der Waals surface area contributed by atoms with E-state index < -0.39 is 0 Å². The van der Waals surface area contributed by atoms with Gasteiger partial charge in [-0.15, -0.1) is 0 Å². The van der Waals surface area contributed by atoms with Crippen LogP contribution in [0.4, 0.5) is 8.78 Å². The quantitative estimate of drug-likeness (QED) is 0.647. The van der Waals surface area contributed by atoms with Crippen LogP contribution in [-0.4, -0.2) is 6.04 Å². The van der Waals surface area contributed by atoms with Crippen molar-refractivity contribution >= 4 is 15.9 Å². The van der Waals surface area contributed by atoms with E-state index in [2.05, 4.69) is 21.4 Å². The van der Waals surface area contributed by atoms with E-state index in [0.29, 0.717) is 17.3 Å². The zero-order valence-corrected chi connectivity index (χ0v) is 12.3. The van der Waals surface area contributed by atoms with Crippen LogP contribution in [0.3, 0.4) is 0 Å². The lowest BCUT2D eigenvalue weighted by Gasteiger charge is -2.16. The molecule has 2 rings (SSSR count). The van der Waals surface area contributed by atoms with E-state index in [4.69, 9.17) is 5.84 Å². The molecule has 0 saturated heterocycles. The molecule has 1 atom stereocenters. The Morgan fingerprint density at radius 2 is 1.60 bits per heavy atom. The monoisotopic (exact) mass is 340 g/mol. The minimum atomic E-state index is -0.285. The van der Waals surface area contributed by atoms with Crippen LogP contribution in [0.1, 0.15) is 11.1 Å². The highest BCUT2D eigenvalue weighted by atomic mass is 79.9. The molecule has 0 aliphatic heterocycles. The van der Waals surface area contributed by atoms with E-state index in [-0.39, 0.29) is 17.7 Å². The van der Waals surface area contributed by atoms with Crippen molar-refractivity contribution in [3.05, 3.63) is 69.7 Å². The predicted molar refractivity (Wildman–Crippen MR) is 79.0 cm³/mol. The highest BCUT2D eigenvalue weighted by Crippen LogP contribution is 2.17. The van der Waals surface area contributed by atoms with Gasteiger partial charge in [-0.2, -0.15) is 0 Å². The van der Waals surface area contributed by atoms with Gasteiger partial charge in [-0.1, -0.05) is 28.1 Å². The van der Waals surface area contributed by atoms with Crippen LogP contribution >= 0.6 is 15.9 Å². The van der Waals surface area contributed by atoms with Crippen molar-refractivity contribution < 1.29 is 8.78 Å². The fraction of sp³-hybridized carbons (Fsp3) is 0.200. The van der Waals surface area contributed by atoms with Crippen LogP contribution < -0.4 is 11.3 Å². The standard InChI is InChI=1S/C15H15BrF2N2/c16-12-5-11(6-14(18)9-12)8-15(20-19)7-10-1-3-13(17)4-2-10/h1-6,9,15,20H,7-8,19H2. The Balaban J connectivity index is 2.06. The van der Waals surface area contributed by atoms with Gasteiger partial charge in [0.2, 0.25) is 0 Å². The topological polar surface area (TPSA) is 38.0 Å². The normalized spacial score (nSPS) is 12.4. The van der Waals surface area contributed by atoms with E-state index in [1.54, 1.807) is 12.1 Å². The number of nitrogens with two attached hydrogens (primary N) is 1. The van der Waals surface area contributed by atoms with Crippen molar-refractivity contribution in [3.63, 3.8) is 0 Å². The van der Waals surface area contributed by atoms with Gasteiger partial charge in [0.25, 0.3) is 0 Å². The van der Waals surface area contributed by atoms with Crippen LogP contribution in [0.15, 0.2) is 46.9 Å². The molecule has 0 aromatic heterocycles. The van der Waals surface area contributed by atoms with Gasteiger partial charge in [-0.05, 0) is 54.3 Å². The fourth-order valence-corrected chi connectivity index (χ4v) is 2.62. The van der Waals surface area contributed by atoms with Crippen molar-refractivity contribution in [1.29, 1.82) is 0 Å². The summed E-state index contributed by atoms with van der Waals surface area (Å²) < 4.78 is 26.9. The maximum absolute atomic E-state index is 13.3. The molecular weight excluding hydrogens is 326 g/mol. The van der Waals surface area contributed by atoms with Gasteiger partial charge in [0, 0.05) is 10.5 Å². The number of rotatable bonds is 5. The molecule has 0 spiro atoms. The van der Waals surface area contributed by atoms with Crippen LogP contribution in [-0.2, 0) is 12.8 Å². The molecule has 20 heavy (non-hydrogen) atoms. The largest absolute Gasteiger partial charge is 0.271 e.